The standard InChI is InChI=1S/C13H17ClN2O4/c1-9(2)15(6-7-20-3)13(17)11-8-10(14)4-5-12(11)16(18)19/h4-5,8-9H,6-7H2,1-3H3. The number of hydrogen-bond donors (Lipinski definition) is 0. The average Bonchev–Trinajstić information content (AvgIpc) is 2.38. The lowest BCUT2D eigenvalue weighted by atomic mass is 10.1. The maximum absolute atomic E-state index is 12.5. The second kappa shape index (κ2) is 7.21. The van der Waals surface area contributed by atoms with E-state index in [-0.39, 0.29) is 22.3 Å². The van der Waals surface area contributed by atoms with Crippen LogP contribution in [-0.4, -0.2) is 42.0 Å². The summed E-state index contributed by atoms with van der Waals surface area (Å²) in [5.74, 6) is -0.425. The first-order chi connectivity index (χ1) is 9.38. The number of amides is 1. The maximum Gasteiger partial charge on any atom is 0.282 e. The predicted octanol–water partition coefficient (Wildman–Crippen LogP) is 2.75. The van der Waals surface area contributed by atoms with Gasteiger partial charge in [-0.05, 0) is 26.0 Å². The molecule has 0 spiro atoms. The highest BCUT2D eigenvalue weighted by atomic mass is 35.5. The molecule has 0 saturated carbocycles. The lowest BCUT2D eigenvalue weighted by Gasteiger charge is -2.26. The van der Waals surface area contributed by atoms with Crippen LogP contribution in [0.3, 0.4) is 0 Å². The SMILES string of the molecule is COCCN(C(=O)c1cc(Cl)ccc1[N+](=O)[O-])C(C)C. The van der Waals surface area contributed by atoms with Gasteiger partial charge in [-0.1, -0.05) is 11.6 Å². The van der Waals surface area contributed by atoms with E-state index in [1.807, 2.05) is 13.8 Å². The number of carbonyl (C=O) groups is 1. The first-order valence-electron chi connectivity index (χ1n) is 6.12. The number of methoxy groups -OCH3 is 1. The van der Waals surface area contributed by atoms with Crippen molar-refractivity contribution in [1.82, 2.24) is 4.90 Å². The van der Waals surface area contributed by atoms with Crippen LogP contribution in [0.25, 0.3) is 0 Å². The summed E-state index contributed by atoms with van der Waals surface area (Å²) in [6, 6.07) is 3.86. The van der Waals surface area contributed by atoms with Gasteiger partial charge in [-0.3, -0.25) is 14.9 Å². The highest BCUT2D eigenvalue weighted by Gasteiger charge is 2.26. The maximum atomic E-state index is 12.5. The lowest BCUT2D eigenvalue weighted by Crippen LogP contribution is -2.39. The monoisotopic (exact) mass is 300 g/mol. The van der Waals surface area contributed by atoms with Crippen LogP contribution < -0.4 is 0 Å². The Kier molecular flexibility index (Phi) is 5.91. The molecule has 0 N–H and O–H groups in total. The zero-order chi connectivity index (χ0) is 15.3. The highest BCUT2D eigenvalue weighted by Crippen LogP contribution is 2.24. The molecule has 0 heterocycles. The summed E-state index contributed by atoms with van der Waals surface area (Å²) < 4.78 is 4.96. The molecule has 110 valence electrons. The molecule has 0 fully saturated rings. The minimum absolute atomic E-state index is 0.00713. The summed E-state index contributed by atoms with van der Waals surface area (Å²) >= 11 is 5.84. The molecule has 20 heavy (non-hydrogen) atoms. The molecule has 1 aromatic carbocycles. The number of benzene rings is 1. The van der Waals surface area contributed by atoms with Crippen molar-refractivity contribution in [3.05, 3.63) is 38.9 Å². The quantitative estimate of drug-likeness (QED) is 0.598. The predicted molar refractivity (Wildman–Crippen MR) is 76.2 cm³/mol. The summed E-state index contributed by atoms with van der Waals surface area (Å²) in [6.07, 6.45) is 0. The van der Waals surface area contributed by atoms with Crippen LogP contribution >= 0.6 is 11.6 Å². The molecule has 0 atom stereocenters. The van der Waals surface area contributed by atoms with Crippen LogP contribution in [0.5, 0.6) is 0 Å². The van der Waals surface area contributed by atoms with E-state index in [9.17, 15) is 14.9 Å². The van der Waals surface area contributed by atoms with Gasteiger partial charge in [0.05, 0.1) is 11.5 Å². The summed E-state index contributed by atoms with van der Waals surface area (Å²) in [7, 11) is 1.53. The molecule has 0 aliphatic heterocycles. The molecule has 0 aromatic heterocycles. The fourth-order valence-corrected chi connectivity index (χ4v) is 1.95. The number of nitro groups is 1. The summed E-state index contributed by atoms with van der Waals surface area (Å²) in [5.41, 5.74) is -0.255. The number of nitro benzene ring substituents is 1. The topological polar surface area (TPSA) is 72.7 Å². The third-order valence-electron chi connectivity index (χ3n) is 2.81. The summed E-state index contributed by atoms with van der Waals surface area (Å²) in [4.78, 5) is 24.4. The fourth-order valence-electron chi connectivity index (χ4n) is 1.78. The third-order valence-corrected chi connectivity index (χ3v) is 3.04. The van der Waals surface area contributed by atoms with Crippen molar-refractivity contribution in [1.29, 1.82) is 0 Å². The van der Waals surface area contributed by atoms with Gasteiger partial charge in [0, 0.05) is 30.8 Å². The average molecular weight is 301 g/mol. The number of carbonyl (C=O) groups excluding carboxylic acids is 1. The second-order valence-electron chi connectivity index (χ2n) is 4.50. The number of hydrogen-bond acceptors (Lipinski definition) is 4. The van der Waals surface area contributed by atoms with Gasteiger partial charge in [-0.15, -0.1) is 0 Å². The van der Waals surface area contributed by atoms with Crippen LogP contribution in [0.4, 0.5) is 5.69 Å². The Balaban J connectivity index is 3.16. The van der Waals surface area contributed by atoms with Crippen molar-refractivity contribution in [2.24, 2.45) is 0 Å². The molecule has 1 rings (SSSR count). The van der Waals surface area contributed by atoms with E-state index < -0.39 is 10.8 Å². The van der Waals surface area contributed by atoms with Crippen molar-refractivity contribution in [3.8, 4) is 0 Å². The number of rotatable bonds is 6. The van der Waals surface area contributed by atoms with E-state index in [1.165, 1.54) is 30.2 Å². The van der Waals surface area contributed by atoms with Crippen molar-refractivity contribution in [2.45, 2.75) is 19.9 Å². The van der Waals surface area contributed by atoms with Crippen LogP contribution in [0.15, 0.2) is 18.2 Å². The van der Waals surface area contributed by atoms with Crippen molar-refractivity contribution >= 4 is 23.2 Å². The van der Waals surface area contributed by atoms with Gasteiger partial charge in [-0.25, -0.2) is 0 Å². The molecule has 1 aromatic rings. The molecular formula is C13H17ClN2O4. The molecule has 0 bridgehead atoms. The van der Waals surface area contributed by atoms with Crippen molar-refractivity contribution < 1.29 is 14.5 Å². The first-order valence-corrected chi connectivity index (χ1v) is 6.50. The van der Waals surface area contributed by atoms with Gasteiger partial charge >= 0.3 is 0 Å². The molecule has 0 radical (unpaired) electrons. The summed E-state index contributed by atoms with van der Waals surface area (Å²) in [5, 5.41) is 11.3. The summed E-state index contributed by atoms with van der Waals surface area (Å²) in [6.45, 7) is 4.39. The normalized spacial score (nSPS) is 10.7. The Morgan fingerprint density at radius 2 is 2.15 bits per heavy atom. The van der Waals surface area contributed by atoms with Gasteiger partial charge in [0.25, 0.3) is 11.6 Å². The van der Waals surface area contributed by atoms with E-state index in [2.05, 4.69) is 0 Å². The Morgan fingerprint density at radius 1 is 1.50 bits per heavy atom. The smallest absolute Gasteiger partial charge is 0.282 e. The van der Waals surface area contributed by atoms with E-state index in [0.717, 1.165) is 0 Å². The zero-order valence-corrected chi connectivity index (χ0v) is 12.4. The first kappa shape index (κ1) is 16.4. The van der Waals surface area contributed by atoms with Gasteiger partial charge in [0.2, 0.25) is 0 Å². The second-order valence-corrected chi connectivity index (χ2v) is 4.94. The fraction of sp³-hybridized carbons (Fsp3) is 0.462. The van der Waals surface area contributed by atoms with Gasteiger partial charge < -0.3 is 9.64 Å². The number of halogens is 1. The Labute approximate surface area is 122 Å². The van der Waals surface area contributed by atoms with Crippen LogP contribution in [0, 0.1) is 10.1 Å². The van der Waals surface area contributed by atoms with Crippen molar-refractivity contribution in [2.75, 3.05) is 20.3 Å². The van der Waals surface area contributed by atoms with E-state index in [4.69, 9.17) is 16.3 Å². The largest absolute Gasteiger partial charge is 0.383 e. The van der Waals surface area contributed by atoms with E-state index in [0.29, 0.717) is 13.2 Å². The minimum atomic E-state index is -0.585. The van der Waals surface area contributed by atoms with Gasteiger partial charge in [0.1, 0.15) is 5.56 Å². The molecular weight excluding hydrogens is 284 g/mol. The molecule has 0 saturated heterocycles. The molecule has 1 amide bonds. The lowest BCUT2D eigenvalue weighted by molar-refractivity contribution is -0.385. The molecule has 0 aliphatic carbocycles. The highest BCUT2D eigenvalue weighted by molar-refractivity contribution is 6.31. The number of ether oxygens (including phenoxy) is 1. The molecule has 0 aliphatic rings. The Morgan fingerprint density at radius 3 is 2.65 bits per heavy atom. The number of nitrogens with zero attached hydrogens (tertiary/aromatic N) is 2. The van der Waals surface area contributed by atoms with Crippen LogP contribution in [-0.2, 0) is 4.74 Å². The molecule has 7 heteroatoms. The Bertz CT molecular complexity index is 505. The third kappa shape index (κ3) is 3.91. The van der Waals surface area contributed by atoms with Crippen molar-refractivity contribution in [3.63, 3.8) is 0 Å². The van der Waals surface area contributed by atoms with E-state index >= 15 is 0 Å². The van der Waals surface area contributed by atoms with E-state index in [1.54, 1.807) is 0 Å². The van der Waals surface area contributed by atoms with Gasteiger partial charge in [-0.2, -0.15) is 0 Å². The molecule has 0 unspecified atom stereocenters. The molecule has 6 nitrogen and oxygen atoms in total. The van der Waals surface area contributed by atoms with Crippen LogP contribution in [0.2, 0.25) is 5.02 Å². The Hall–Kier alpha value is -1.66. The van der Waals surface area contributed by atoms with Gasteiger partial charge in [0.15, 0.2) is 0 Å². The zero-order valence-electron chi connectivity index (χ0n) is 11.6. The minimum Gasteiger partial charge on any atom is -0.383 e. The van der Waals surface area contributed by atoms with Crippen LogP contribution in [0.1, 0.15) is 24.2 Å².